The minimum atomic E-state index is -0.272. The third kappa shape index (κ3) is 3.89. The van der Waals surface area contributed by atoms with E-state index >= 15 is 0 Å². The van der Waals surface area contributed by atoms with Crippen LogP contribution in [0.4, 0.5) is 4.39 Å². The van der Waals surface area contributed by atoms with Crippen LogP contribution in [0.2, 0.25) is 0 Å². The van der Waals surface area contributed by atoms with E-state index in [-0.39, 0.29) is 30.2 Å². The third-order valence-electron chi connectivity index (χ3n) is 4.00. The highest BCUT2D eigenvalue weighted by atomic mass is 35.5. The van der Waals surface area contributed by atoms with Crippen LogP contribution in [-0.2, 0) is 0 Å². The van der Waals surface area contributed by atoms with Gasteiger partial charge in [-0.2, -0.15) is 0 Å². The molecule has 1 heterocycles. The standard InChI is InChI=1S/C18H19FN2O.ClH/c1-13-4-2-6-15(10-13)18(22)21-9-8-20-12-17(21)14-5-3-7-16(19)11-14;/h2-7,10-11,17,20H,8-9,12H2,1H3;1H. The molecule has 1 fully saturated rings. The predicted molar refractivity (Wildman–Crippen MR) is 91.5 cm³/mol. The molecule has 3 rings (SSSR count). The fraction of sp³-hybridized carbons (Fsp3) is 0.278. The maximum atomic E-state index is 13.5. The average molecular weight is 335 g/mol. The Kier molecular flexibility index (Phi) is 5.74. The molecule has 1 saturated heterocycles. The van der Waals surface area contributed by atoms with Crippen LogP contribution < -0.4 is 5.32 Å². The Morgan fingerprint density at radius 1 is 1.22 bits per heavy atom. The molecule has 1 atom stereocenters. The van der Waals surface area contributed by atoms with Gasteiger partial charge in [-0.1, -0.05) is 29.8 Å². The zero-order valence-electron chi connectivity index (χ0n) is 13.0. The molecule has 0 spiro atoms. The topological polar surface area (TPSA) is 32.3 Å². The van der Waals surface area contributed by atoms with E-state index in [0.717, 1.165) is 17.7 Å². The van der Waals surface area contributed by atoms with Crippen LogP contribution in [0.3, 0.4) is 0 Å². The second kappa shape index (κ2) is 7.57. The first-order valence-corrected chi connectivity index (χ1v) is 7.49. The molecular formula is C18H20ClFN2O. The SMILES string of the molecule is Cc1cccc(C(=O)N2CCNCC2c2cccc(F)c2)c1.Cl. The van der Waals surface area contributed by atoms with E-state index in [0.29, 0.717) is 18.7 Å². The van der Waals surface area contributed by atoms with Crippen LogP contribution in [0.5, 0.6) is 0 Å². The van der Waals surface area contributed by atoms with E-state index < -0.39 is 0 Å². The molecular weight excluding hydrogens is 315 g/mol. The second-order valence-electron chi connectivity index (χ2n) is 5.64. The number of amides is 1. The third-order valence-corrected chi connectivity index (χ3v) is 4.00. The summed E-state index contributed by atoms with van der Waals surface area (Å²) in [7, 11) is 0. The lowest BCUT2D eigenvalue weighted by atomic mass is 10.0. The Bertz CT molecular complexity index is 692. The lowest BCUT2D eigenvalue weighted by Crippen LogP contribution is -2.48. The first-order valence-electron chi connectivity index (χ1n) is 7.49. The number of aryl methyl sites for hydroxylation is 1. The summed E-state index contributed by atoms with van der Waals surface area (Å²) in [6, 6.07) is 13.9. The summed E-state index contributed by atoms with van der Waals surface area (Å²) in [5.41, 5.74) is 2.57. The summed E-state index contributed by atoms with van der Waals surface area (Å²) >= 11 is 0. The first kappa shape index (κ1) is 17.4. The van der Waals surface area contributed by atoms with Crippen LogP contribution in [0.15, 0.2) is 48.5 Å². The molecule has 0 bridgehead atoms. The van der Waals surface area contributed by atoms with Crippen LogP contribution >= 0.6 is 12.4 Å². The fourth-order valence-corrected chi connectivity index (χ4v) is 2.90. The molecule has 1 N–H and O–H groups in total. The number of benzene rings is 2. The van der Waals surface area contributed by atoms with Gasteiger partial charge in [-0.15, -0.1) is 12.4 Å². The quantitative estimate of drug-likeness (QED) is 0.913. The number of piperazine rings is 1. The number of halogens is 2. The number of hydrogen-bond acceptors (Lipinski definition) is 2. The van der Waals surface area contributed by atoms with E-state index in [2.05, 4.69) is 5.32 Å². The summed E-state index contributed by atoms with van der Waals surface area (Å²) in [6.07, 6.45) is 0. The van der Waals surface area contributed by atoms with Crippen LogP contribution in [0.25, 0.3) is 0 Å². The molecule has 2 aromatic carbocycles. The average Bonchev–Trinajstić information content (AvgIpc) is 2.54. The predicted octanol–water partition coefficient (Wildman–Crippen LogP) is 3.34. The van der Waals surface area contributed by atoms with Gasteiger partial charge in [0.05, 0.1) is 6.04 Å². The fourth-order valence-electron chi connectivity index (χ4n) is 2.90. The maximum absolute atomic E-state index is 13.5. The van der Waals surface area contributed by atoms with Gasteiger partial charge < -0.3 is 10.2 Å². The van der Waals surface area contributed by atoms with Crippen molar-refractivity contribution < 1.29 is 9.18 Å². The number of nitrogens with zero attached hydrogens (tertiary/aromatic N) is 1. The van der Waals surface area contributed by atoms with Crippen molar-refractivity contribution in [3.05, 3.63) is 71.0 Å². The molecule has 0 saturated carbocycles. The van der Waals surface area contributed by atoms with Crippen molar-refractivity contribution in [2.45, 2.75) is 13.0 Å². The van der Waals surface area contributed by atoms with Gasteiger partial charge in [-0.3, -0.25) is 4.79 Å². The molecule has 0 radical (unpaired) electrons. The lowest BCUT2D eigenvalue weighted by Gasteiger charge is -2.36. The lowest BCUT2D eigenvalue weighted by molar-refractivity contribution is 0.0634. The van der Waals surface area contributed by atoms with Crippen LogP contribution in [0, 0.1) is 12.7 Å². The number of rotatable bonds is 2. The minimum Gasteiger partial charge on any atom is -0.329 e. The molecule has 1 amide bonds. The molecule has 1 aliphatic rings. The Balaban J connectivity index is 0.00000192. The molecule has 2 aromatic rings. The minimum absolute atomic E-state index is 0. The summed E-state index contributed by atoms with van der Waals surface area (Å²) in [5.74, 6) is -0.273. The van der Waals surface area contributed by atoms with Gasteiger partial charge in [0.1, 0.15) is 5.82 Å². The highest BCUT2D eigenvalue weighted by Crippen LogP contribution is 2.25. The van der Waals surface area contributed by atoms with Crippen LogP contribution in [0.1, 0.15) is 27.5 Å². The number of hydrogen-bond donors (Lipinski definition) is 1. The van der Waals surface area contributed by atoms with Gasteiger partial charge in [0.15, 0.2) is 0 Å². The van der Waals surface area contributed by atoms with E-state index in [9.17, 15) is 9.18 Å². The normalized spacial score (nSPS) is 17.5. The molecule has 1 unspecified atom stereocenters. The van der Waals surface area contributed by atoms with Crippen molar-refractivity contribution in [1.29, 1.82) is 0 Å². The highest BCUT2D eigenvalue weighted by Gasteiger charge is 2.28. The molecule has 122 valence electrons. The van der Waals surface area contributed by atoms with Crippen molar-refractivity contribution in [2.24, 2.45) is 0 Å². The number of carbonyl (C=O) groups is 1. The van der Waals surface area contributed by atoms with E-state index in [1.165, 1.54) is 12.1 Å². The summed E-state index contributed by atoms with van der Waals surface area (Å²) in [6.45, 7) is 3.98. The molecule has 23 heavy (non-hydrogen) atoms. The van der Waals surface area contributed by atoms with Gasteiger partial charge in [-0.25, -0.2) is 4.39 Å². The van der Waals surface area contributed by atoms with Crippen molar-refractivity contribution in [1.82, 2.24) is 10.2 Å². The van der Waals surface area contributed by atoms with E-state index in [1.54, 1.807) is 6.07 Å². The van der Waals surface area contributed by atoms with Crippen molar-refractivity contribution in [3.63, 3.8) is 0 Å². The Morgan fingerprint density at radius 2 is 2.00 bits per heavy atom. The molecule has 5 heteroatoms. The monoisotopic (exact) mass is 334 g/mol. The van der Waals surface area contributed by atoms with Gasteiger partial charge in [0.2, 0.25) is 0 Å². The zero-order chi connectivity index (χ0) is 15.5. The zero-order valence-corrected chi connectivity index (χ0v) is 13.8. The van der Waals surface area contributed by atoms with Gasteiger partial charge in [-0.05, 0) is 36.8 Å². The number of carbonyl (C=O) groups excluding carboxylic acids is 1. The maximum Gasteiger partial charge on any atom is 0.254 e. The Morgan fingerprint density at radius 3 is 2.74 bits per heavy atom. The highest BCUT2D eigenvalue weighted by molar-refractivity contribution is 5.94. The van der Waals surface area contributed by atoms with Gasteiger partial charge >= 0.3 is 0 Å². The Hall–Kier alpha value is -1.91. The van der Waals surface area contributed by atoms with Crippen LogP contribution in [-0.4, -0.2) is 30.4 Å². The summed E-state index contributed by atoms with van der Waals surface area (Å²) in [5, 5.41) is 3.28. The molecule has 0 aromatic heterocycles. The first-order chi connectivity index (χ1) is 10.6. The molecule has 3 nitrogen and oxygen atoms in total. The summed E-state index contributed by atoms with van der Waals surface area (Å²) < 4.78 is 13.5. The largest absolute Gasteiger partial charge is 0.329 e. The smallest absolute Gasteiger partial charge is 0.254 e. The Labute approximate surface area is 141 Å². The van der Waals surface area contributed by atoms with Gasteiger partial charge in [0.25, 0.3) is 5.91 Å². The molecule has 0 aliphatic carbocycles. The van der Waals surface area contributed by atoms with Crippen molar-refractivity contribution in [2.75, 3.05) is 19.6 Å². The van der Waals surface area contributed by atoms with Crippen molar-refractivity contribution in [3.8, 4) is 0 Å². The van der Waals surface area contributed by atoms with E-state index in [1.807, 2.05) is 42.2 Å². The molecule has 1 aliphatic heterocycles. The van der Waals surface area contributed by atoms with Crippen molar-refractivity contribution >= 4 is 18.3 Å². The van der Waals surface area contributed by atoms with E-state index in [4.69, 9.17) is 0 Å². The number of nitrogens with one attached hydrogen (secondary N) is 1. The summed E-state index contributed by atoms with van der Waals surface area (Å²) in [4.78, 5) is 14.7. The second-order valence-corrected chi connectivity index (χ2v) is 5.64. The van der Waals surface area contributed by atoms with Gasteiger partial charge in [0, 0.05) is 25.2 Å².